The van der Waals surface area contributed by atoms with Crippen LogP contribution < -0.4 is 0 Å². The van der Waals surface area contributed by atoms with E-state index in [0.717, 1.165) is 6.42 Å². The molecule has 2 atom stereocenters. The van der Waals surface area contributed by atoms with Crippen LogP contribution in [0.4, 0.5) is 4.39 Å². The zero-order valence-corrected chi connectivity index (χ0v) is 8.87. The molecule has 0 bridgehead atoms. The van der Waals surface area contributed by atoms with Crippen molar-refractivity contribution >= 4 is 24.2 Å². The molecule has 0 spiro atoms. The van der Waals surface area contributed by atoms with Gasteiger partial charge in [0.2, 0.25) is 0 Å². The Labute approximate surface area is 87.5 Å². The van der Waals surface area contributed by atoms with Gasteiger partial charge in [-0.05, 0) is 18.6 Å². The zero-order chi connectivity index (χ0) is 9.64. The Balaban J connectivity index is 2.52. The predicted molar refractivity (Wildman–Crippen MR) is 56.2 cm³/mol. The molecule has 0 N–H and O–H groups in total. The first-order chi connectivity index (χ1) is 6.05. The Hall–Kier alpha value is -0.210. The second-order valence-electron chi connectivity index (χ2n) is 3.73. The Kier molecular flexibility index (Phi) is 2.08. The van der Waals surface area contributed by atoms with E-state index in [1.165, 1.54) is 6.07 Å². The van der Waals surface area contributed by atoms with Crippen LogP contribution in [0.25, 0.3) is 0 Å². The molecule has 2 rings (SSSR count). The van der Waals surface area contributed by atoms with Gasteiger partial charge in [0.15, 0.2) is 0 Å². The van der Waals surface area contributed by atoms with Crippen molar-refractivity contribution in [2.45, 2.75) is 24.0 Å². The summed E-state index contributed by atoms with van der Waals surface area (Å²) in [7, 11) is 0. The Morgan fingerprint density at radius 1 is 1.62 bits per heavy atom. The van der Waals surface area contributed by atoms with Crippen LogP contribution in [0, 0.1) is 5.82 Å². The van der Waals surface area contributed by atoms with Crippen molar-refractivity contribution in [3.8, 4) is 0 Å². The maximum Gasteiger partial charge on any atom is 0.128 e. The third-order valence-corrected chi connectivity index (χ3v) is 3.79. The largest absolute Gasteiger partial charge is 0.207 e. The normalized spacial score (nSPS) is 31.8. The molecule has 70 valence electrons. The lowest BCUT2D eigenvalue weighted by Gasteiger charge is -2.12. The monoisotopic (exact) mass is 216 g/mol. The van der Waals surface area contributed by atoms with E-state index < -0.39 is 0 Å². The molecular formula is C10H10ClFS. The fourth-order valence-electron chi connectivity index (χ4n) is 1.65. The maximum atomic E-state index is 13.4. The second-order valence-corrected chi connectivity index (χ2v) is 4.76. The molecule has 0 amide bonds. The summed E-state index contributed by atoms with van der Waals surface area (Å²) >= 11 is 10.3. The molecule has 0 nitrogen and oxygen atoms in total. The lowest BCUT2D eigenvalue weighted by Crippen LogP contribution is -2.08. The van der Waals surface area contributed by atoms with Crippen molar-refractivity contribution in [1.29, 1.82) is 0 Å². The number of hydrogen-bond donors (Lipinski definition) is 1. The molecule has 1 aromatic carbocycles. The molecule has 3 heteroatoms. The van der Waals surface area contributed by atoms with Gasteiger partial charge in [-0.25, -0.2) is 4.39 Å². The Morgan fingerprint density at radius 3 is 2.69 bits per heavy atom. The van der Waals surface area contributed by atoms with Crippen LogP contribution in [0.2, 0.25) is 5.02 Å². The summed E-state index contributed by atoms with van der Waals surface area (Å²) in [6, 6.07) is 4.80. The van der Waals surface area contributed by atoms with E-state index >= 15 is 0 Å². The molecule has 0 aliphatic heterocycles. The fraction of sp³-hybridized carbons (Fsp3) is 0.400. The summed E-state index contributed by atoms with van der Waals surface area (Å²) < 4.78 is 13.4. The van der Waals surface area contributed by atoms with Gasteiger partial charge in [0.1, 0.15) is 5.82 Å². The van der Waals surface area contributed by atoms with E-state index in [0.29, 0.717) is 10.6 Å². The van der Waals surface area contributed by atoms with Crippen molar-refractivity contribution < 1.29 is 4.39 Å². The highest BCUT2D eigenvalue weighted by atomic mass is 35.5. The maximum absolute atomic E-state index is 13.4. The molecule has 1 aliphatic carbocycles. The average Bonchev–Trinajstić information content (AvgIpc) is 2.59. The first kappa shape index (κ1) is 9.35. The third-order valence-electron chi connectivity index (χ3n) is 2.73. The quantitative estimate of drug-likeness (QED) is 0.684. The van der Waals surface area contributed by atoms with E-state index in [4.69, 9.17) is 11.6 Å². The summed E-state index contributed by atoms with van der Waals surface area (Å²) in [5.41, 5.74) is 0.461. The van der Waals surface area contributed by atoms with Gasteiger partial charge >= 0.3 is 0 Å². The number of benzene rings is 1. The molecule has 1 aliphatic rings. The Bertz CT molecular complexity index is 333. The van der Waals surface area contributed by atoms with Crippen LogP contribution in [0.3, 0.4) is 0 Å². The first-order valence-electron chi connectivity index (χ1n) is 4.18. The van der Waals surface area contributed by atoms with E-state index in [1.807, 2.05) is 6.92 Å². The van der Waals surface area contributed by atoms with Gasteiger partial charge in [0, 0.05) is 21.3 Å². The summed E-state index contributed by atoms with van der Waals surface area (Å²) in [6.07, 6.45) is 0.900. The first-order valence-corrected chi connectivity index (χ1v) is 5.08. The Morgan fingerprint density at radius 2 is 2.23 bits per heavy atom. The highest BCUT2D eigenvalue weighted by Crippen LogP contribution is 2.54. The van der Waals surface area contributed by atoms with E-state index in [2.05, 4.69) is 12.6 Å². The molecule has 1 fully saturated rings. The molecule has 13 heavy (non-hydrogen) atoms. The highest BCUT2D eigenvalue weighted by molar-refractivity contribution is 7.81. The molecule has 0 aromatic heterocycles. The fourth-order valence-corrected chi connectivity index (χ4v) is 2.54. The molecule has 1 aromatic rings. The molecular weight excluding hydrogens is 207 g/mol. The van der Waals surface area contributed by atoms with Crippen LogP contribution in [0.15, 0.2) is 18.2 Å². The average molecular weight is 217 g/mol. The predicted octanol–water partition coefficient (Wildman–Crippen LogP) is 3.44. The van der Waals surface area contributed by atoms with Crippen LogP contribution in [-0.2, 0) is 5.41 Å². The van der Waals surface area contributed by atoms with Crippen LogP contribution in [0.1, 0.15) is 18.9 Å². The zero-order valence-electron chi connectivity index (χ0n) is 7.22. The summed E-state index contributed by atoms with van der Waals surface area (Å²) in [6.45, 7) is 2.00. The number of thiol groups is 1. The van der Waals surface area contributed by atoms with Crippen LogP contribution in [0.5, 0.6) is 0 Å². The van der Waals surface area contributed by atoms with E-state index in [-0.39, 0.29) is 16.5 Å². The smallest absolute Gasteiger partial charge is 0.128 e. The standard InChI is InChI=1S/C10H10ClFS/c1-10(5-8(10)13)9-6(11)3-2-4-7(9)12/h2-4,8,13H,5H2,1H3/t8-,10-/m0/s1. The molecule has 0 unspecified atom stereocenters. The lowest BCUT2D eigenvalue weighted by molar-refractivity contribution is 0.587. The SMILES string of the molecule is C[C@]1(c2c(F)cccc2Cl)C[C@@H]1S. The number of rotatable bonds is 1. The van der Waals surface area contributed by atoms with Gasteiger partial charge in [-0.15, -0.1) is 0 Å². The summed E-state index contributed by atoms with van der Waals surface area (Å²) in [5.74, 6) is -0.216. The summed E-state index contributed by atoms with van der Waals surface area (Å²) in [5, 5.41) is 0.751. The second kappa shape index (κ2) is 2.89. The van der Waals surface area contributed by atoms with Crippen molar-refractivity contribution in [2.24, 2.45) is 0 Å². The van der Waals surface area contributed by atoms with Crippen LogP contribution >= 0.6 is 24.2 Å². The minimum Gasteiger partial charge on any atom is -0.207 e. The molecule has 0 saturated heterocycles. The van der Waals surface area contributed by atoms with Gasteiger partial charge in [-0.3, -0.25) is 0 Å². The lowest BCUT2D eigenvalue weighted by atomic mass is 9.98. The van der Waals surface area contributed by atoms with E-state index in [1.54, 1.807) is 12.1 Å². The number of hydrogen-bond acceptors (Lipinski definition) is 1. The third kappa shape index (κ3) is 1.36. The van der Waals surface area contributed by atoms with Gasteiger partial charge in [0.25, 0.3) is 0 Å². The molecule has 1 saturated carbocycles. The van der Waals surface area contributed by atoms with Gasteiger partial charge < -0.3 is 0 Å². The van der Waals surface area contributed by atoms with Gasteiger partial charge in [-0.2, -0.15) is 12.6 Å². The summed E-state index contributed by atoms with van der Waals surface area (Å²) in [4.78, 5) is 0. The van der Waals surface area contributed by atoms with Crippen molar-refractivity contribution in [1.82, 2.24) is 0 Å². The van der Waals surface area contributed by atoms with Crippen molar-refractivity contribution in [2.75, 3.05) is 0 Å². The van der Waals surface area contributed by atoms with Gasteiger partial charge in [0.05, 0.1) is 0 Å². The van der Waals surface area contributed by atoms with Crippen molar-refractivity contribution in [3.63, 3.8) is 0 Å². The minimum absolute atomic E-state index is 0.161. The van der Waals surface area contributed by atoms with E-state index in [9.17, 15) is 4.39 Å². The molecule has 0 radical (unpaired) electrons. The topological polar surface area (TPSA) is 0 Å². The van der Waals surface area contributed by atoms with Crippen LogP contribution in [-0.4, -0.2) is 5.25 Å². The number of halogens is 2. The minimum atomic E-state index is -0.216. The van der Waals surface area contributed by atoms with Gasteiger partial charge in [-0.1, -0.05) is 24.6 Å². The van der Waals surface area contributed by atoms with Crippen molar-refractivity contribution in [3.05, 3.63) is 34.6 Å². The molecule has 0 heterocycles. The highest BCUT2D eigenvalue weighted by Gasteiger charge is 2.51.